The molecule has 0 aromatic carbocycles. The second-order valence-corrected chi connectivity index (χ2v) is 24.3. The number of likely N-dealkylation sites (N-methyl/N-ethyl adjacent to an activating group) is 1. The molecule has 0 rings (SSSR count). The standard InChI is InChI=1S/C70H123N2O7P/c1-7-10-13-16-19-22-25-28-30-32-34-35-36-37-39-40-42-44-47-50-53-56-59-62-69(73)71-67(66-78-80(75,76)77-65-64-72(4,5)6)68(61-58-55-52-49-46-27-24-21-18-15-12-9-3)79-70(74)63-60-57-54-51-48-45-43-41-38-33-31-29-26-23-20-17-14-11-8-2/h11,14,19-20,22-23,28-31,34-35,38,41,45,48,58,61,67-68H,7-10,12-13,15-18,21,24-27,32-33,36-37,39-40,42-44,46-47,49-57,59-60,62-66H2,1-6H3,(H-,71,73,75,76)/b14-11-,22-19-,23-20-,30-28-,31-29-,35-34-,41-38-,48-45-,61-58-. The van der Waals surface area contributed by atoms with E-state index in [4.69, 9.17) is 13.8 Å². The van der Waals surface area contributed by atoms with Crippen molar-refractivity contribution in [2.45, 2.75) is 283 Å². The summed E-state index contributed by atoms with van der Waals surface area (Å²) in [6, 6.07) is -0.911. The molecule has 0 aromatic rings. The van der Waals surface area contributed by atoms with E-state index in [-0.39, 0.29) is 24.9 Å². The van der Waals surface area contributed by atoms with E-state index in [0.29, 0.717) is 23.9 Å². The molecule has 0 spiro atoms. The highest BCUT2D eigenvalue weighted by molar-refractivity contribution is 7.45. The lowest BCUT2D eigenvalue weighted by Gasteiger charge is -2.30. The van der Waals surface area contributed by atoms with Crippen molar-refractivity contribution in [1.82, 2.24) is 5.32 Å². The van der Waals surface area contributed by atoms with Gasteiger partial charge >= 0.3 is 5.97 Å². The van der Waals surface area contributed by atoms with Crippen LogP contribution in [0.4, 0.5) is 0 Å². The van der Waals surface area contributed by atoms with Gasteiger partial charge in [-0.05, 0) is 115 Å². The molecule has 0 radical (unpaired) electrons. The first-order valence-corrected chi connectivity index (χ1v) is 34.2. The number of quaternary nitrogens is 1. The topological polar surface area (TPSA) is 114 Å². The molecule has 1 N–H and O–H groups in total. The number of phosphoric ester groups is 1. The van der Waals surface area contributed by atoms with Gasteiger partial charge < -0.3 is 28.5 Å². The highest BCUT2D eigenvalue weighted by atomic mass is 31.2. The zero-order valence-corrected chi connectivity index (χ0v) is 53.4. The fourth-order valence-corrected chi connectivity index (χ4v) is 9.63. The number of hydrogen-bond donors (Lipinski definition) is 1. The molecule has 460 valence electrons. The number of allylic oxidation sites excluding steroid dienone is 17. The number of carbonyl (C=O) groups excluding carboxylic acids is 2. The molecule has 80 heavy (non-hydrogen) atoms. The number of amides is 1. The second-order valence-electron chi connectivity index (χ2n) is 22.9. The molecule has 0 aromatic heterocycles. The Bertz CT molecular complexity index is 1740. The van der Waals surface area contributed by atoms with Gasteiger partial charge in [0.1, 0.15) is 19.3 Å². The van der Waals surface area contributed by atoms with Crippen molar-refractivity contribution in [3.8, 4) is 0 Å². The molecular weight excluding hydrogens is 1010 g/mol. The molecule has 0 aliphatic heterocycles. The molecule has 0 fully saturated rings. The Labute approximate surface area is 493 Å². The van der Waals surface area contributed by atoms with Crippen molar-refractivity contribution in [2.75, 3.05) is 40.9 Å². The van der Waals surface area contributed by atoms with Crippen LogP contribution in [0, 0.1) is 0 Å². The number of phosphoric acid groups is 1. The van der Waals surface area contributed by atoms with E-state index in [2.05, 4.69) is 123 Å². The van der Waals surface area contributed by atoms with E-state index in [1.807, 2.05) is 33.3 Å². The highest BCUT2D eigenvalue weighted by Gasteiger charge is 2.27. The molecule has 0 saturated carbocycles. The summed E-state index contributed by atoms with van der Waals surface area (Å²) in [4.78, 5) is 40.1. The number of rotatable bonds is 58. The van der Waals surface area contributed by atoms with Crippen LogP contribution in [0.15, 0.2) is 109 Å². The molecule has 10 heteroatoms. The van der Waals surface area contributed by atoms with E-state index in [1.54, 1.807) is 0 Å². The Morgan fingerprint density at radius 3 is 1.24 bits per heavy atom. The lowest BCUT2D eigenvalue weighted by atomic mass is 10.0. The third-order valence-corrected chi connectivity index (χ3v) is 14.9. The molecular formula is C70H123N2O7P. The van der Waals surface area contributed by atoms with Crippen LogP contribution in [0.1, 0.15) is 271 Å². The van der Waals surface area contributed by atoms with Gasteiger partial charge in [-0.25, -0.2) is 0 Å². The minimum Gasteiger partial charge on any atom is -0.756 e. The monoisotopic (exact) mass is 1130 g/mol. The maximum Gasteiger partial charge on any atom is 0.306 e. The molecule has 0 aliphatic rings. The number of esters is 1. The van der Waals surface area contributed by atoms with Crippen molar-refractivity contribution in [1.29, 1.82) is 0 Å². The van der Waals surface area contributed by atoms with Crippen LogP contribution in [-0.2, 0) is 27.9 Å². The summed E-state index contributed by atoms with van der Waals surface area (Å²) in [5.74, 6) is -0.586. The van der Waals surface area contributed by atoms with Crippen molar-refractivity contribution >= 4 is 19.7 Å². The first kappa shape index (κ1) is 76.7. The van der Waals surface area contributed by atoms with Crippen molar-refractivity contribution in [3.05, 3.63) is 109 Å². The zero-order valence-electron chi connectivity index (χ0n) is 52.5. The number of ether oxygens (including phenoxy) is 1. The predicted octanol–water partition coefficient (Wildman–Crippen LogP) is 19.9. The maximum absolute atomic E-state index is 13.6. The lowest BCUT2D eigenvalue weighted by molar-refractivity contribution is -0.870. The fraction of sp³-hybridized carbons (Fsp3) is 0.714. The molecule has 3 atom stereocenters. The molecule has 9 nitrogen and oxygen atoms in total. The first-order chi connectivity index (χ1) is 38.9. The molecule has 1 amide bonds. The van der Waals surface area contributed by atoms with E-state index >= 15 is 0 Å². The number of unbranched alkanes of at least 4 members (excludes halogenated alkanes) is 26. The largest absolute Gasteiger partial charge is 0.756 e. The fourth-order valence-electron chi connectivity index (χ4n) is 8.91. The van der Waals surface area contributed by atoms with Gasteiger partial charge in [0.05, 0.1) is 33.8 Å². The average Bonchev–Trinajstić information content (AvgIpc) is 3.43. The lowest BCUT2D eigenvalue weighted by Crippen LogP contribution is -2.47. The smallest absolute Gasteiger partial charge is 0.306 e. The Hall–Kier alpha value is -3.33. The van der Waals surface area contributed by atoms with Crippen LogP contribution in [0.25, 0.3) is 0 Å². The average molecular weight is 1140 g/mol. The molecule has 3 unspecified atom stereocenters. The van der Waals surface area contributed by atoms with Crippen LogP contribution >= 0.6 is 7.82 Å². The summed E-state index contributed by atoms with van der Waals surface area (Å²) < 4.78 is 30.3. The van der Waals surface area contributed by atoms with Gasteiger partial charge in [0.2, 0.25) is 5.91 Å². The van der Waals surface area contributed by atoms with Gasteiger partial charge in [-0.1, -0.05) is 252 Å². The quantitative estimate of drug-likeness (QED) is 0.0212. The van der Waals surface area contributed by atoms with Crippen molar-refractivity contribution < 1.29 is 37.3 Å². The predicted molar refractivity (Wildman–Crippen MR) is 344 cm³/mol. The van der Waals surface area contributed by atoms with Gasteiger partial charge in [-0.2, -0.15) is 0 Å². The SMILES string of the molecule is CC/C=C\C/C=C\C/C=C\C/C=C\C/C=C\CCCCCC(=O)OC(/C=C\CCCCCCCCCCCC)C(COP(=O)([O-])OCC[N+](C)(C)C)NC(=O)CCCCCCCCCCCC/C=C\C/C=C\C/C=C\CCCCC. The van der Waals surface area contributed by atoms with Crippen LogP contribution < -0.4 is 10.2 Å². The van der Waals surface area contributed by atoms with Crippen LogP contribution in [0.2, 0.25) is 0 Å². The van der Waals surface area contributed by atoms with Gasteiger partial charge in [0.15, 0.2) is 0 Å². The van der Waals surface area contributed by atoms with Crippen molar-refractivity contribution in [3.63, 3.8) is 0 Å². The number of nitrogens with one attached hydrogen (secondary N) is 1. The maximum atomic E-state index is 13.6. The number of carbonyl (C=O) groups is 2. The second kappa shape index (κ2) is 58.9. The third kappa shape index (κ3) is 59.3. The van der Waals surface area contributed by atoms with Gasteiger partial charge in [-0.15, -0.1) is 0 Å². The molecule has 0 aliphatic carbocycles. The van der Waals surface area contributed by atoms with Gasteiger partial charge in [0, 0.05) is 12.8 Å². The summed E-state index contributed by atoms with van der Waals surface area (Å²) in [6.45, 7) is 6.68. The summed E-state index contributed by atoms with van der Waals surface area (Å²) in [7, 11) is 1.15. The Morgan fingerprint density at radius 1 is 0.450 bits per heavy atom. The molecule has 0 heterocycles. The Balaban J connectivity index is 5.24. The van der Waals surface area contributed by atoms with Gasteiger partial charge in [0.25, 0.3) is 7.82 Å². The number of nitrogens with zero attached hydrogens (tertiary/aromatic N) is 1. The minimum absolute atomic E-state index is 0.0338. The summed E-state index contributed by atoms with van der Waals surface area (Å²) >= 11 is 0. The first-order valence-electron chi connectivity index (χ1n) is 32.7. The summed E-state index contributed by atoms with van der Waals surface area (Å²) in [5, 5.41) is 3.02. The normalized spacial score (nSPS) is 14.3. The van der Waals surface area contributed by atoms with Crippen LogP contribution in [0.5, 0.6) is 0 Å². The zero-order chi connectivity index (χ0) is 58.6. The van der Waals surface area contributed by atoms with E-state index in [1.165, 1.54) is 116 Å². The summed E-state index contributed by atoms with van der Waals surface area (Å²) in [6.07, 6.45) is 80.6. The van der Waals surface area contributed by atoms with E-state index in [0.717, 1.165) is 116 Å². The summed E-state index contributed by atoms with van der Waals surface area (Å²) in [5.41, 5.74) is 0. The third-order valence-electron chi connectivity index (χ3n) is 13.9. The van der Waals surface area contributed by atoms with E-state index < -0.39 is 26.6 Å². The Morgan fingerprint density at radius 2 is 0.800 bits per heavy atom. The van der Waals surface area contributed by atoms with E-state index in [9.17, 15) is 19.0 Å². The molecule has 0 bridgehead atoms. The number of hydrogen-bond acceptors (Lipinski definition) is 7. The molecule has 0 saturated heterocycles. The van der Waals surface area contributed by atoms with Crippen LogP contribution in [-0.4, -0.2) is 69.4 Å². The van der Waals surface area contributed by atoms with Gasteiger partial charge in [-0.3, -0.25) is 14.2 Å². The Kier molecular flexibility index (Phi) is 56.4. The van der Waals surface area contributed by atoms with Crippen LogP contribution in [0.3, 0.4) is 0 Å². The minimum atomic E-state index is -4.72. The van der Waals surface area contributed by atoms with Crippen molar-refractivity contribution in [2.24, 2.45) is 0 Å². The highest BCUT2D eigenvalue weighted by Crippen LogP contribution is 2.38.